The van der Waals surface area contributed by atoms with Crippen molar-refractivity contribution in [2.75, 3.05) is 0 Å². The molecule has 0 saturated carbocycles. The van der Waals surface area contributed by atoms with E-state index in [-0.39, 0.29) is 0 Å². The zero-order chi connectivity index (χ0) is 6.97. The largest absolute Gasteiger partial charge is 0.590 e. The van der Waals surface area contributed by atoms with E-state index in [2.05, 4.69) is 9.49 Å². The second kappa shape index (κ2) is 1.96. The molecule has 0 aliphatic rings. The second-order valence-corrected chi connectivity index (χ2v) is 3.10. The number of H-pyrrole nitrogens is 2. The summed E-state index contributed by atoms with van der Waals surface area (Å²) in [5.74, 6) is 0. The highest BCUT2D eigenvalue weighted by atomic mass is 31.1. The van der Waals surface area contributed by atoms with E-state index in [1.54, 1.807) is 0 Å². The van der Waals surface area contributed by atoms with Crippen LogP contribution in [-0.2, 0) is 4.57 Å². The van der Waals surface area contributed by atoms with Crippen molar-refractivity contribution >= 4 is 18.8 Å². The van der Waals surface area contributed by atoms with E-state index in [4.69, 9.17) is 0 Å². The minimum absolute atomic E-state index is 0.920. The van der Waals surface area contributed by atoms with Crippen LogP contribution in [0.1, 0.15) is 0 Å². The van der Waals surface area contributed by atoms with Crippen molar-refractivity contribution < 1.29 is 4.57 Å². The van der Waals surface area contributed by atoms with E-state index in [1.165, 1.54) is 0 Å². The van der Waals surface area contributed by atoms with Gasteiger partial charge in [0.1, 0.15) is 11.0 Å². The molecule has 0 spiro atoms. The van der Waals surface area contributed by atoms with Crippen LogP contribution in [0.15, 0.2) is 24.3 Å². The number of nitrogens with one attached hydrogen (secondary N) is 2. The molecule has 10 heavy (non-hydrogen) atoms. The summed E-state index contributed by atoms with van der Waals surface area (Å²) < 4.78 is 16.4. The Balaban J connectivity index is 3.01. The zero-order valence-electron chi connectivity index (χ0n) is 5.16. The molecule has 2 N–H and O–H groups in total. The van der Waals surface area contributed by atoms with E-state index in [0.29, 0.717) is 0 Å². The second-order valence-electron chi connectivity index (χ2n) is 2.06. The van der Waals surface area contributed by atoms with Gasteiger partial charge in [-0.15, -0.1) is 0 Å². The predicted octanol–water partition coefficient (Wildman–Crippen LogP) is 2.24. The molecule has 4 heteroatoms. The average molecular weight is 153 g/mol. The van der Waals surface area contributed by atoms with Crippen molar-refractivity contribution in [1.29, 1.82) is 0 Å². The zero-order valence-corrected chi connectivity index (χ0v) is 6.06. The number of hydrogen-bond donors (Lipinski definition) is 2. The van der Waals surface area contributed by atoms with Crippen LogP contribution in [0.2, 0.25) is 0 Å². The van der Waals surface area contributed by atoms with Gasteiger partial charge in [0, 0.05) is 0 Å². The average Bonchev–Trinajstić information content (AvgIpc) is 2.27. The minimum atomic E-state index is -1.44. The van der Waals surface area contributed by atoms with Gasteiger partial charge in [-0.25, -0.2) is 0 Å². The summed E-state index contributed by atoms with van der Waals surface area (Å²) in [6, 6.07) is 7.59. The van der Waals surface area contributed by atoms with Crippen LogP contribution in [0.3, 0.4) is 0 Å². The molecule has 0 fully saturated rings. The third-order valence-electron chi connectivity index (χ3n) is 1.37. The number of aromatic amines is 2. The monoisotopic (exact) mass is 153 g/mol. The first-order valence-corrected chi connectivity index (χ1v) is 4.22. The lowest BCUT2D eigenvalue weighted by molar-refractivity contribution is 0.594. The first-order chi connectivity index (χ1) is 4.86. The highest BCUT2D eigenvalue weighted by Crippen LogP contribution is 2.15. The van der Waals surface area contributed by atoms with E-state index in [1.807, 2.05) is 24.3 Å². The number of para-hydroxylation sites is 2. The van der Waals surface area contributed by atoms with Crippen molar-refractivity contribution in [2.24, 2.45) is 0 Å². The molecular weight excluding hydrogens is 147 g/mol. The van der Waals surface area contributed by atoms with Crippen LogP contribution in [0, 0.1) is 0 Å². The van der Waals surface area contributed by atoms with Crippen LogP contribution in [0.5, 0.6) is 0 Å². The summed E-state index contributed by atoms with van der Waals surface area (Å²) >= 11 is 0. The molecule has 1 aromatic carbocycles. The lowest BCUT2D eigenvalue weighted by Gasteiger charge is -1.78. The smallest absolute Gasteiger partial charge is 0.155 e. The van der Waals surface area contributed by atoms with E-state index in [0.717, 1.165) is 11.0 Å². The van der Waals surface area contributed by atoms with Gasteiger partial charge in [-0.05, 0) is 16.7 Å². The molecule has 2 rings (SSSR count). The lowest BCUT2D eigenvalue weighted by Crippen LogP contribution is -1.63. The number of benzene rings is 1. The summed E-state index contributed by atoms with van der Waals surface area (Å²) in [6.07, 6.45) is 0. The molecule has 0 aliphatic carbocycles. The molecule has 2 aromatic rings. The Hall–Kier alpha value is -1.08. The van der Waals surface area contributed by atoms with Crippen LogP contribution in [0.25, 0.3) is 11.0 Å². The number of fused-ring (bicyclic) bond motifs is 1. The Morgan fingerprint density at radius 3 is 2.10 bits per heavy atom. The minimum Gasteiger partial charge on any atom is -0.155 e. The van der Waals surface area contributed by atoms with Gasteiger partial charge in [0.15, 0.2) is 0 Å². The van der Waals surface area contributed by atoms with Gasteiger partial charge < -0.3 is 0 Å². The highest BCUT2D eigenvalue weighted by molar-refractivity contribution is 7.28. The first kappa shape index (κ1) is 5.69. The SMILES string of the molecule is O=[p+]1[nH]c2ccccc2[nH]1. The Labute approximate surface area is 57.9 Å². The van der Waals surface area contributed by atoms with Crippen molar-refractivity contribution in [3.8, 4) is 0 Å². The summed E-state index contributed by atoms with van der Waals surface area (Å²) in [4.78, 5) is 0. The Morgan fingerprint density at radius 2 is 1.60 bits per heavy atom. The topological polar surface area (TPSA) is 48.6 Å². The summed E-state index contributed by atoms with van der Waals surface area (Å²) in [7, 11) is -1.44. The Kier molecular flexibility index (Phi) is 1.11. The highest BCUT2D eigenvalue weighted by Gasteiger charge is 2.02. The number of aromatic nitrogens is 2. The molecule has 0 atom stereocenters. The summed E-state index contributed by atoms with van der Waals surface area (Å²) in [5.41, 5.74) is 1.84. The van der Waals surface area contributed by atoms with Crippen LogP contribution < -0.4 is 0 Å². The molecule has 0 amide bonds. The third-order valence-corrected chi connectivity index (χ3v) is 2.26. The number of hydrogen-bond acceptors (Lipinski definition) is 1. The van der Waals surface area contributed by atoms with Crippen LogP contribution in [-0.4, -0.2) is 9.49 Å². The van der Waals surface area contributed by atoms with Gasteiger partial charge in [0.2, 0.25) is 0 Å². The maximum Gasteiger partial charge on any atom is 0.590 e. The molecule has 3 nitrogen and oxygen atoms in total. The van der Waals surface area contributed by atoms with Gasteiger partial charge in [-0.2, -0.15) is 9.49 Å². The first-order valence-electron chi connectivity index (χ1n) is 2.96. The van der Waals surface area contributed by atoms with Crippen molar-refractivity contribution in [2.45, 2.75) is 0 Å². The summed E-state index contributed by atoms with van der Waals surface area (Å²) in [5, 5.41) is 0. The van der Waals surface area contributed by atoms with Crippen LogP contribution >= 0.6 is 7.73 Å². The molecule has 0 bridgehead atoms. The molecule has 0 unspecified atom stereocenters. The van der Waals surface area contributed by atoms with Gasteiger partial charge in [0.25, 0.3) is 0 Å². The molecule has 0 aliphatic heterocycles. The molecular formula is C6H6N2OP+. The molecule has 1 heterocycles. The fourth-order valence-electron chi connectivity index (χ4n) is 0.925. The van der Waals surface area contributed by atoms with Crippen LogP contribution in [0.4, 0.5) is 0 Å². The van der Waals surface area contributed by atoms with Gasteiger partial charge in [-0.3, -0.25) is 0 Å². The Morgan fingerprint density at radius 1 is 1.10 bits per heavy atom. The number of rotatable bonds is 0. The van der Waals surface area contributed by atoms with Crippen molar-refractivity contribution in [1.82, 2.24) is 9.49 Å². The molecule has 0 radical (unpaired) electrons. The van der Waals surface area contributed by atoms with Gasteiger partial charge in [-0.1, -0.05) is 12.1 Å². The Bertz CT molecular complexity index is 367. The maximum absolute atomic E-state index is 10.8. The fourth-order valence-corrected chi connectivity index (χ4v) is 1.81. The van der Waals surface area contributed by atoms with Crippen molar-refractivity contribution in [3.63, 3.8) is 0 Å². The van der Waals surface area contributed by atoms with Crippen molar-refractivity contribution in [3.05, 3.63) is 24.3 Å². The molecule has 50 valence electrons. The maximum atomic E-state index is 10.8. The van der Waals surface area contributed by atoms with Gasteiger partial charge in [0.05, 0.1) is 0 Å². The normalized spacial score (nSPS) is 10.4. The van der Waals surface area contributed by atoms with E-state index in [9.17, 15) is 4.57 Å². The van der Waals surface area contributed by atoms with E-state index < -0.39 is 7.73 Å². The van der Waals surface area contributed by atoms with Gasteiger partial charge >= 0.3 is 7.73 Å². The summed E-state index contributed by atoms with van der Waals surface area (Å²) in [6.45, 7) is 0. The standard InChI is InChI=1S/C6H6N2OP/c9-10-7-5-3-1-2-4-6(5)8-10/h1-4H,(H2,7,8,9)/q+1. The molecule has 1 aromatic heterocycles. The molecule has 0 saturated heterocycles. The third kappa shape index (κ3) is 0.755. The lowest BCUT2D eigenvalue weighted by atomic mass is 10.3. The quantitative estimate of drug-likeness (QED) is 0.599. The van der Waals surface area contributed by atoms with E-state index >= 15 is 0 Å². The predicted molar refractivity (Wildman–Crippen MR) is 40.3 cm³/mol. The fraction of sp³-hybridized carbons (Fsp3) is 0.